The Morgan fingerprint density at radius 3 is 2.11 bits per heavy atom. The average molecular weight is 287 g/mol. The number of alkyl halides is 3. The first-order valence-corrected chi connectivity index (χ1v) is 10.2. The van der Waals surface area contributed by atoms with Crippen molar-refractivity contribution in [1.29, 1.82) is 0 Å². The molecule has 2 rings (SSSR count). The third-order valence-corrected chi connectivity index (χ3v) is 5.66. The number of nitrogens with zero attached hydrogens (tertiary/aromatic N) is 1. The van der Waals surface area contributed by atoms with Crippen molar-refractivity contribution < 1.29 is 13.2 Å². The van der Waals surface area contributed by atoms with Gasteiger partial charge in [0, 0.05) is 18.8 Å². The number of hydrogen-bond donors (Lipinski definition) is 0. The van der Waals surface area contributed by atoms with Crippen molar-refractivity contribution in [3.8, 4) is 0 Å². The molecule has 0 unspecified atom stereocenters. The van der Waals surface area contributed by atoms with Gasteiger partial charge in [0.1, 0.15) is 0 Å². The molecule has 0 aliphatic carbocycles. The molecule has 1 fully saturated rings. The summed E-state index contributed by atoms with van der Waals surface area (Å²) in [5.74, 6) is 0. The molecule has 0 radical (unpaired) electrons. The monoisotopic (exact) mass is 287 g/mol. The summed E-state index contributed by atoms with van der Waals surface area (Å²) >= 11 is 0. The Bertz CT molecular complexity index is 457. The maximum absolute atomic E-state index is 13.3. The number of hydrogen-bond acceptors (Lipinski definition) is 1. The van der Waals surface area contributed by atoms with Crippen LogP contribution in [0.4, 0.5) is 18.9 Å². The first-order chi connectivity index (χ1) is 8.69. The number of anilines is 1. The molecule has 0 saturated carbocycles. The van der Waals surface area contributed by atoms with Crippen LogP contribution in [-0.4, -0.2) is 21.2 Å². The molecule has 0 bridgehead atoms. The van der Waals surface area contributed by atoms with Gasteiger partial charge in [-0.3, -0.25) is 0 Å². The summed E-state index contributed by atoms with van der Waals surface area (Å²) in [5, 5.41) is 0.864. The Balaban J connectivity index is 2.49. The van der Waals surface area contributed by atoms with E-state index in [-0.39, 0.29) is 0 Å². The first-order valence-electron chi connectivity index (χ1n) is 6.66. The minimum Gasteiger partial charge on any atom is -0.371 e. The summed E-state index contributed by atoms with van der Waals surface area (Å²) in [5.41, 5.74) is -0.110. The molecule has 1 aliphatic rings. The molecule has 1 saturated heterocycles. The van der Waals surface area contributed by atoms with Crippen molar-refractivity contribution in [2.75, 3.05) is 18.0 Å². The first kappa shape index (κ1) is 14.4. The van der Waals surface area contributed by atoms with Crippen LogP contribution >= 0.6 is 0 Å². The molecule has 19 heavy (non-hydrogen) atoms. The zero-order chi connectivity index (χ0) is 14.3. The molecule has 1 aliphatic heterocycles. The van der Waals surface area contributed by atoms with E-state index in [0.717, 1.165) is 31.1 Å². The molecule has 1 aromatic carbocycles. The SMILES string of the molecule is C[Si](C)(C)c1ccc(N2CCCC2)c(C(F)(F)F)c1. The minimum atomic E-state index is -4.27. The highest BCUT2D eigenvalue weighted by molar-refractivity contribution is 6.88. The molecule has 1 aromatic rings. The molecule has 0 aromatic heterocycles. The van der Waals surface area contributed by atoms with E-state index in [2.05, 4.69) is 19.6 Å². The van der Waals surface area contributed by atoms with Crippen molar-refractivity contribution in [2.24, 2.45) is 0 Å². The maximum Gasteiger partial charge on any atom is 0.418 e. The molecule has 0 amide bonds. The second kappa shape index (κ2) is 4.85. The zero-order valence-electron chi connectivity index (χ0n) is 11.6. The number of halogens is 3. The van der Waals surface area contributed by atoms with Crippen LogP contribution in [-0.2, 0) is 6.18 Å². The predicted octanol–water partition coefficient (Wildman–Crippen LogP) is 3.85. The summed E-state index contributed by atoms with van der Waals surface area (Å²) in [4.78, 5) is 1.86. The Hall–Kier alpha value is -0.973. The smallest absolute Gasteiger partial charge is 0.371 e. The molecule has 1 heterocycles. The molecular weight excluding hydrogens is 267 g/mol. The molecule has 0 spiro atoms. The summed E-state index contributed by atoms with van der Waals surface area (Å²) in [6.07, 6.45) is -2.31. The van der Waals surface area contributed by atoms with Crippen LogP contribution in [0.2, 0.25) is 19.6 Å². The van der Waals surface area contributed by atoms with Crippen LogP contribution in [0, 0.1) is 0 Å². The third kappa shape index (κ3) is 3.13. The van der Waals surface area contributed by atoms with Crippen molar-refractivity contribution >= 4 is 18.9 Å². The molecular formula is C14H20F3NSi. The molecule has 0 N–H and O–H groups in total. The van der Waals surface area contributed by atoms with Gasteiger partial charge in [-0.1, -0.05) is 30.9 Å². The van der Waals surface area contributed by atoms with Crippen molar-refractivity contribution in [2.45, 2.75) is 38.7 Å². The number of benzene rings is 1. The zero-order valence-corrected chi connectivity index (χ0v) is 12.6. The lowest BCUT2D eigenvalue weighted by Gasteiger charge is -2.25. The van der Waals surface area contributed by atoms with Gasteiger partial charge in [-0.05, 0) is 25.0 Å². The largest absolute Gasteiger partial charge is 0.418 e. The highest BCUT2D eigenvalue weighted by Crippen LogP contribution is 2.37. The lowest BCUT2D eigenvalue weighted by Crippen LogP contribution is -2.38. The fraction of sp³-hybridized carbons (Fsp3) is 0.571. The normalized spacial score (nSPS) is 17.1. The van der Waals surface area contributed by atoms with Gasteiger partial charge in [0.2, 0.25) is 0 Å². The van der Waals surface area contributed by atoms with E-state index < -0.39 is 19.8 Å². The minimum absolute atomic E-state index is 0.354. The fourth-order valence-electron chi connectivity index (χ4n) is 2.46. The predicted molar refractivity (Wildman–Crippen MR) is 75.9 cm³/mol. The van der Waals surface area contributed by atoms with Gasteiger partial charge < -0.3 is 4.90 Å². The molecule has 1 nitrogen and oxygen atoms in total. The van der Waals surface area contributed by atoms with Crippen LogP contribution in [0.1, 0.15) is 18.4 Å². The molecule has 106 valence electrons. The van der Waals surface area contributed by atoms with Crippen LogP contribution < -0.4 is 10.1 Å². The topological polar surface area (TPSA) is 3.24 Å². The van der Waals surface area contributed by atoms with Gasteiger partial charge in [-0.25, -0.2) is 0 Å². The van der Waals surface area contributed by atoms with Crippen molar-refractivity contribution in [3.63, 3.8) is 0 Å². The second-order valence-corrected chi connectivity index (χ2v) is 11.3. The second-order valence-electron chi connectivity index (χ2n) is 6.17. The summed E-state index contributed by atoms with van der Waals surface area (Å²) in [6.45, 7) is 7.67. The Kier molecular flexibility index (Phi) is 3.69. The highest BCUT2D eigenvalue weighted by atomic mass is 28.3. The van der Waals surface area contributed by atoms with E-state index >= 15 is 0 Å². The quantitative estimate of drug-likeness (QED) is 0.747. The van der Waals surface area contributed by atoms with Gasteiger partial charge in [-0.15, -0.1) is 0 Å². The van der Waals surface area contributed by atoms with E-state index in [4.69, 9.17) is 0 Å². The number of rotatable bonds is 2. The standard InChI is InChI=1S/C14H20F3NSi/c1-19(2,3)11-6-7-13(18-8-4-5-9-18)12(10-11)14(15,16)17/h6-7,10H,4-5,8-9H2,1-3H3. The van der Waals surface area contributed by atoms with Crippen molar-refractivity contribution in [3.05, 3.63) is 23.8 Å². The van der Waals surface area contributed by atoms with E-state index in [1.54, 1.807) is 6.07 Å². The molecule has 5 heteroatoms. The van der Waals surface area contributed by atoms with Gasteiger partial charge in [0.05, 0.1) is 13.6 Å². The van der Waals surface area contributed by atoms with E-state index in [9.17, 15) is 13.2 Å². The van der Waals surface area contributed by atoms with Gasteiger partial charge >= 0.3 is 6.18 Å². The van der Waals surface area contributed by atoms with E-state index in [1.165, 1.54) is 6.07 Å². The summed E-state index contributed by atoms with van der Waals surface area (Å²) in [6, 6.07) is 4.93. The molecule has 0 atom stereocenters. The lowest BCUT2D eigenvalue weighted by atomic mass is 10.1. The van der Waals surface area contributed by atoms with Gasteiger partial charge in [0.15, 0.2) is 0 Å². The van der Waals surface area contributed by atoms with Crippen molar-refractivity contribution in [1.82, 2.24) is 0 Å². The maximum atomic E-state index is 13.3. The van der Waals surface area contributed by atoms with Crippen LogP contribution in [0.3, 0.4) is 0 Å². The van der Waals surface area contributed by atoms with Gasteiger partial charge in [0.25, 0.3) is 0 Å². The van der Waals surface area contributed by atoms with E-state index in [1.807, 2.05) is 11.0 Å². The Morgan fingerprint density at radius 1 is 1.05 bits per heavy atom. The van der Waals surface area contributed by atoms with Gasteiger partial charge in [-0.2, -0.15) is 13.2 Å². The summed E-state index contributed by atoms with van der Waals surface area (Å²) in [7, 11) is -1.72. The fourth-order valence-corrected chi connectivity index (χ4v) is 3.62. The Labute approximate surface area is 113 Å². The van der Waals surface area contributed by atoms with E-state index in [0.29, 0.717) is 5.69 Å². The highest BCUT2D eigenvalue weighted by Gasteiger charge is 2.36. The third-order valence-electron chi connectivity index (χ3n) is 3.61. The van der Waals surface area contributed by atoms with Crippen LogP contribution in [0.25, 0.3) is 0 Å². The Morgan fingerprint density at radius 2 is 1.63 bits per heavy atom. The average Bonchev–Trinajstić information content (AvgIpc) is 2.79. The van der Waals surface area contributed by atoms with Crippen LogP contribution in [0.15, 0.2) is 18.2 Å². The van der Waals surface area contributed by atoms with Crippen LogP contribution in [0.5, 0.6) is 0 Å². The summed E-state index contributed by atoms with van der Waals surface area (Å²) < 4.78 is 39.8. The lowest BCUT2D eigenvalue weighted by molar-refractivity contribution is -0.137.